The molecule has 2 fully saturated rings. The number of fused-ring (bicyclic) bond motifs is 1. The zero-order chi connectivity index (χ0) is 12.6. The maximum absolute atomic E-state index is 4.41. The predicted octanol–water partition coefficient (Wildman–Crippen LogP) is 3.41. The minimum atomic E-state index is 0.543. The number of hydrogen-bond donors (Lipinski definition) is 1. The fourth-order valence-electron chi connectivity index (χ4n) is 3.74. The van der Waals surface area contributed by atoms with Gasteiger partial charge in [-0.2, -0.15) is 0 Å². The highest BCUT2D eigenvalue weighted by Crippen LogP contribution is 2.60. The Morgan fingerprint density at radius 3 is 2.83 bits per heavy atom. The summed E-state index contributed by atoms with van der Waals surface area (Å²) in [6.07, 6.45) is 9.00. The maximum Gasteiger partial charge on any atom is 0.0896 e. The van der Waals surface area contributed by atoms with Crippen LogP contribution >= 0.6 is 11.3 Å². The SMILES string of the molecule is CCCNCC1(Cc2cnc(C)s2)CC2CC2C1. The van der Waals surface area contributed by atoms with Gasteiger partial charge in [0.1, 0.15) is 0 Å². The van der Waals surface area contributed by atoms with Crippen LogP contribution in [0.15, 0.2) is 6.20 Å². The van der Waals surface area contributed by atoms with Crippen LogP contribution in [-0.4, -0.2) is 18.1 Å². The number of nitrogens with zero attached hydrogens (tertiary/aromatic N) is 1. The summed E-state index contributed by atoms with van der Waals surface area (Å²) in [6.45, 7) is 6.74. The summed E-state index contributed by atoms with van der Waals surface area (Å²) in [5.74, 6) is 2.12. The molecule has 0 aliphatic heterocycles. The Bertz CT molecular complexity index is 402. The Morgan fingerprint density at radius 1 is 1.44 bits per heavy atom. The van der Waals surface area contributed by atoms with Gasteiger partial charge in [0.15, 0.2) is 0 Å². The van der Waals surface area contributed by atoms with Gasteiger partial charge in [-0.25, -0.2) is 4.98 Å². The molecule has 2 nitrogen and oxygen atoms in total. The quantitative estimate of drug-likeness (QED) is 0.797. The van der Waals surface area contributed by atoms with Gasteiger partial charge in [0.25, 0.3) is 0 Å². The summed E-state index contributed by atoms with van der Waals surface area (Å²) < 4.78 is 0. The molecular weight excluding hydrogens is 240 g/mol. The molecule has 0 radical (unpaired) electrons. The van der Waals surface area contributed by atoms with Crippen molar-refractivity contribution in [3.05, 3.63) is 16.1 Å². The Morgan fingerprint density at radius 2 is 2.22 bits per heavy atom. The number of nitrogens with one attached hydrogen (secondary N) is 1. The highest BCUT2D eigenvalue weighted by atomic mass is 32.1. The van der Waals surface area contributed by atoms with Crippen molar-refractivity contribution in [3.8, 4) is 0 Å². The largest absolute Gasteiger partial charge is 0.316 e. The number of aromatic nitrogens is 1. The lowest BCUT2D eigenvalue weighted by molar-refractivity contribution is 0.250. The number of rotatable bonds is 6. The molecule has 18 heavy (non-hydrogen) atoms. The van der Waals surface area contributed by atoms with E-state index < -0.39 is 0 Å². The average Bonchev–Trinajstić information content (AvgIpc) is 2.76. The Labute approximate surface area is 114 Å². The Balaban J connectivity index is 1.65. The molecule has 0 spiro atoms. The lowest BCUT2D eigenvalue weighted by Gasteiger charge is -2.31. The molecule has 3 heteroatoms. The van der Waals surface area contributed by atoms with Crippen LogP contribution < -0.4 is 5.32 Å². The monoisotopic (exact) mass is 264 g/mol. The van der Waals surface area contributed by atoms with E-state index in [1.165, 1.54) is 55.1 Å². The highest BCUT2D eigenvalue weighted by molar-refractivity contribution is 7.11. The third-order valence-electron chi connectivity index (χ3n) is 4.60. The van der Waals surface area contributed by atoms with Crippen LogP contribution in [0.3, 0.4) is 0 Å². The van der Waals surface area contributed by atoms with Gasteiger partial charge in [-0.1, -0.05) is 6.92 Å². The minimum Gasteiger partial charge on any atom is -0.316 e. The number of hydrogen-bond acceptors (Lipinski definition) is 3. The van der Waals surface area contributed by atoms with E-state index in [0.29, 0.717) is 5.41 Å². The summed E-state index contributed by atoms with van der Waals surface area (Å²) in [6, 6.07) is 0. The zero-order valence-electron chi connectivity index (χ0n) is 11.5. The van der Waals surface area contributed by atoms with Crippen LogP contribution in [0, 0.1) is 24.2 Å². The normalized spacial score (nSPS) is 33.7. The summed E-state index contributed by atoms with van der Waals surface area (Å²) in [5.41, 5.74) is 0.543. The van der Waals surface area contributed by atoms with Gasteiger partial charge in [0.2, 0.25) is 0 Å². The molecule has 1 heterocycles. The van der Waals surface area contributed by atoms with Gasteiger partial charge < -0.3 is 5.32 Å². The van der Waals surface area contributed by atoms with Crippen molar-refractivity contribution < 1.29 is 0 Å². The molecule has 2 aliphatic carbocycles. The van der Waals surface area contributed by atoms with E-state index in [9.17, 15) is 0 Å². The Hall–Kier alpha value is -0.410. The van der Waals surface area contributed by atoms with E-state index in [4.69, 9.17) is 0 Å². The molecule has 0 saturated heterocycles. The zero-order valence-corrected chi connectivity index (χ0v) is 12.4. The van der Waals surface area contributed by atoms with Crippen LogP contribution in [0.2, 0.25) is 0 Å². The highest BCUT2D eigenvalue weighted by Gasteiger charge is 2.53. The lowest BCUT2D eigenvalue weighted by atomic mass is 9.79. The van der Waals surface area contributed by atoms with Crippen LogP contribution in [0.5, 0.6) is 0 Å². The van der Waals surface area contributed by atoms with E-state index in [-0.39, 0.29) is 0 Å². The molecule has 0 amide bonds. The molecule has 0 bridgehead atoms. The second-order valence-corrected chi connectivity index (χ2v) is 7.68. The summed E-state index contributed by atoms with van der Waals surface area (Å²) >= 11 is 1.89. The van der Waals surface area contributed by atoms with Crippen molar-refractivity contribution in [2.45, 2.75) is 46.0 Å². The van der Waals surface area contributed by atoms with Crippen molar-refractivity contribution in [1.82, 2.24) is 10.3 Å². The van der Waals surface area contributed by atoms with Crippen molar-refractivity contribution in [3.63, 3.8) is 0 Å². The number of thiazole rings is 1. The first-order valence-electron chi connectivity index (χ1n) is 7.33. The molecule has 1 aromatic rings. The summed E-state index contributed by atoms with van der Waals surface area (Å²) in [5, 5.41) is 4.88. The minimum absolute atomic E-state index is 0.543. The van der Waals surface area contributed by atoms with E-state index in [1.54, 1.807) is 0 Å². The molecule has 2 unspecified atom stereocenters. The second kappa shape index (κ2) is 4.93. The first kappa shape index (κ1) is 12.6. The molecular formula is C15H24N2S. The third-order valence-corrected chi connectivity index (χ3v) is 5.52. The van der Waals surface area contributed by atoms with Gasteiger partial charge in [-0.05, 0) is 62.8 Å². The van der Waals surface area contributed by atoms with Gasteiger partial charge in [0.05, 0.1) is 5.01 Å². The maximum atomic E-state index is 4.41. The summed E-state index contributed by atoms with van der Waals surface area (Å²) in [7, 11) is 0. The van der Waals surface area contributed by atoms with Crippen LogP contribution in [0.25, 0.3) is 0 Å². The standard InChI is InChI=1S/C15H24N2S/c1-3-4-16-10-15(6-12-5-13(12)7-15)8-14-9-17-11(2)18-14/h9,12-13,16H,3-8,10H2,1-2H3. The van der Waals surface area contributed by atoms with Gasteiger partial charge in [0, 0.05) is 17.6 Å². The van der Waals surface area contributed by atoms with Gasteiger partial charge in [-0.3, -0.25) is 0 Å². The van der Waals surface area contributed by atoms with Crippen LogP contribution in [0.4, 0.5) is 0 Å². The van der Waals surface area contributed by atoms with Crippen molar-refractivity contribution in [1.29, 1.82) is 0 Å². The second-order valence-electron chi connectivity index (χ2n) is 6.36. The first-order chi connectivity index (χ1) is 8.71. The van der Waals surface area contributed by atoms with Crippen molar-refractivity contribution in [2.24, 2.45) is 17.3 Å². The molecule has 2 saturated carbocycles. The van der Waals surface area contributed by atoms with Gasteiger partial charge in [-0.15, -0.1) is 11.3 Å². The van der Waals surface area contributed by atoms with Crippen LogP contribution in [-0.2, 0) is 6.42 Å². The fourth-order valence-corrected chi connectivity index (χ4v) is 4.71. The van der Waals surface area contributed by atoms with Crippen molar-refractivity contribution >= 4 is 11.3 Å². The van der Waals surface area contributed by atoms with Crippen LogP contribution in [0.1, 0.15) is 42.5 Å². The van der Waals surface area contributed by atoms with E-state index >= 15 is 0 Å². The average molecular weight is 264 g/mol. The van der Waals surface area contributed by atoms with E-state index in [1.807, 2.05) is 11.3 Å². The Kier molecular flexibility index (Phi) is 3.46. The molecule has 0 aromatic carbocycles. The topological polar surface area (TPSA) is 24.9 Å². The first-order valence-corrected chi connectivity index (χ1v) is 8.14. The van der Waals surface area contributed by atoms with E-state index in [0.717, 1.165) is 11.8 Å². The lowest BCUT2D eigenvalue weighted by Crippen LogP contribution is -2.35. The number of aryl methyl sites for hydroxylation is 1. The predicted molar refractivity (Wildman–Crippen MR) is 77.0 cm³/mol. The van der Waals surface area contributed by atoms with Crippen molar-refractivity contribution in [2.75, 3.05) is 13.1 Å². The molecule has 1 N–H and O–H groups in total. The fraction of sp³-hybridized carbons (Fsp3) is 0.800. The van der Waals surface area contributed by atoms with E-state index in [2.05, 4.69) is 30.3 Å². The molecule has 2 atom stereocenters. The molecule has 100 valence electrons. The summed E-state index contributed by atoms with van der Waals surface area (Å²) in [4.78, 5) is 5.91. The third kappa shape index (κ3) is 2.62. The van der Waals surface area contributed by atoms with Gasteiger partial charge >= 0.3 is 0 Å². The molecule has 2 aliphatic rings. The smallest absolute Gasteiger partial charge is 0.0896 e. The molecule has 3 rings (SSSR count). The molecule has 1 aromatic heterocycles.